The average molecular weight is 189 g/mol. The minimum Gasteiger partial charge on any atom is -0.398 e. The Hall–Kier alpha value is -1.75. The summed E-state index contributed by atoms with van der Waals surface area (Å²) in [5.74, 6) is 2.46. The number of anilines is 1. The van der Waals surface area contributed by atoms with Gasteiger partial charge in [-0.2, -0.15) is 0 Å². The fourth-order valence-corrected chi connectivity index (χ4v) is 1.01. The van der Waals surface area contributed by atoms with Gasteiger partial charge >= 0.3 is 0 Å². The zero-order valence-electron chi connectivity index (χ0n) is 8.79. The molecule has 0 aromatic heterocycles. The van der Waals surface area contributed by atoms with Crippen LogP contribution in [0, 0.1) is 19.3 Å². The molecule has 1 aromatic carbocycles. The molecule has 0 saturated heterocycles. The van der Waals surface area contributed by atoms with Crippen molar-refractivity contribution >= 4 is 12.0 Å². The predicted molar refractivity (Wildman–Crippen MR) is 60.3 cm³/mol. The van der Waals surface area contributed by atoms with Crippen molar-refractivity contribution in [2.75, 3.05) is 5.73 Å². The standard InChI is InChI=1S/C10H9NO.C2H6/c1-3-8-4-7(2)10(11)9(5-8)6-12;1-2/h1,4-6H,11H2,2H3;1-2H3. The van der Waals surface area contributed by atoms with Crippen molar-refractivity contribution < 1.29 is 4.79 Å². The summed E-state index contributed by atoms with van der Waals surface area (Å²) in [5, 5.41) is 0. The van der Waals surface area contributed by atoms with Crippen LogP contribution in [0.4, 0.5) is 5.69 Å². The van der Waals surface area contributed by atoms with E-state index in [9.17, 15) is 4.79 Å². The second kappa shape index (κ2) is 5.82. The fourth-order valence-electron chi connectivity index (χ4n) is 1.01. The summed E-state index contributed by atoms with van der Waals surface area (Å²) in [5.41, 5.74) is 8.11. The molecule has 74 valence electrons. The topological polar surface area (TPSA) is 43.1 Å². The van der Waals surface area contributed by atoms with E-state index in [4.69, 9.17) is 12.2 Å². The molecular formula is C12H15NO. The van der Waals surface area contributed by atoms with Gasteiger partial charge in [-0.25, -0.2) is 0 Å². The molecule has 0 saturated carbocycles. The maximum Gasteiger partial charge on any atom is 0.152 e. The largest absolute Gasteiger partial charge is 0.398 e. The number of nitrogens with two attached hydrogens (primary N) is 1. The van der Waals surface area contributed by atoms with Crippen LogP contribution < -0.4 is 5.73 Å². The Kier molecular flexibility index (Phi) is 5.09. The lowest BCUT2D eigenvalue weighted by molar-refractivity contribution is 0.112. The zero-order chi connectivity index (χ0) is 11.1. The van der Waals surface area contributed by atoms with Crippen LogP contribution in [-0.4, -0.2) is 6.29 Å². The van der Waals surface area contributed by atoms with E-state index in [-0.39, 0.29) is 0 Å². The molecule has 2 nitrogen and oxygen atoms in total. The molecule has 0 bridgehead atoms. The monoisotopic (exact) mass is 189 g/mol. The van der Waals surface area contributed by atoms with Gasteiger partial charge in [-0.3, -0.25) is 4.79 Å². The zero-order valence-corrected chi connectivity index (χ0v) is 8.79. The molecule has 0 heterocycles. The molecule has 0 radical (unpaired) electrons. The van der Waals surface area contributed by atoms with Crippen molar-refractivity contribution in [1.82, 2.24) is 0 Å². The van der Waals surface area contributed by atoms with Gasteiger partial charge in [-0.1, -0.05) is 19.8 Å². The van der Waals surface area contributed by atoms with Crippen LogP contribution in [0.1, 0.15) is 35.3 Å². The lowest BCUT2D eigenvalue weighted by atomic mass is 10.1. The van der Waals surface area contributed by atoms with Crippen molar-refractivity contribution in [3.63, 3.8) is 0 Å². The molecule has 0 unspecified atom stereocenters. The first-order chi connectivity index (χ1) is 6.69. The SMILES string of the molecule is C#Cc1cc(C)c(N)c(C=O)c1.CC. The van der Waals surface area contributed by atoms with Crippen LogP contribution in [0.3, 0.4) is 0 Å². The number of hydrogen-bond donors (Lipinski definition) is 1. The molecule has 0 aliphatic heterocycles. The number of benzene rings is 1. The Morgan fingerprint density at radius 3 is 2.43 bits per heavy atom. The van der Waals surface area contributed by atoms with Crippen molar-refractivity contribution in [2.24, 2.45) is 0 Å². The van der Waals surface area contributed by atoms with E-state index in [0.717, 1.165) is 5.56 Å². The molecule has 1 aromatic rings. The third-order valence-electron chi connectivity index (χ3n) is 1.71. The van der Waals surface area contributed by atoms with Crippen LogP contribution >= 0.6 is 0 Å². The summed E-state index contributed by atoms with van der Waals surface area (Å²) in [6.07, 6.45) is 5.90. The highest BCUT2D eigenvalue weighted by atomic mass is 16.1. The molecule has 1 rings (SSSR count). The summed E-state index contributed by atoms with van der Waals surface area (Å²) >= 11 is 0. The van der Waals surface area contributed by atoms with Crippen LogP contribution in [0.25, 0.3) is 0 Å². The van der Waals surface area contributed by atoms with E-state index in [0.29, 0.717) is 23.1 Å². The van der Waals surface area contributed by atoms with Crippen molar-refractivity contribution in [1.29, 1.82) is 0 Å². The molecule has 0 aliphatic rings. The number of carbonyl (C=O) groups is 1. The van der Waals surface area contributed by atoms with Crippen molar-refractivity contribution in [2.45, 2.75) is 20.8 Å². The maximum atomic E-state index is 10.5. The molecular weight excluding hydrogens is 174 g/mol. The Bertz CT molecular complexity index is 361. The van der Waals surface area contributed by atoms with E-state index in [1.54, 1.807) is 12.1 Å². The van der Waals surface area contributed by atoms with Crippen LogP contribution in [0.5, 0.6) is 0 Å². The number of hydrogen-bond acceptors (Lipinski definition) is 2. The fraction of sp³-hybridized carbons (Fsp3) is 0.250. The van der Waals surface area contributed by atoms with Gasteiger partial charge in [0.25, 0.3) is 0 Å². The first kappa shape index (κ1) is 12.2. The lowest BCUT2D eigenvalue weighted by Gasteiger charge is -2.03. The van der Waals surface area contributed by atoms with Crippen LogP contribution in [0.2, 0.25) is 0 Å². The number of terminal acetylenes is 1. The Morgan fingerprint density at radius 2 is 2.00 bits per heavy atom. The van der Waals surface area contributed by atoms with Crippen molar-refractivity contribution in [3.8, 4) is 12.3 Å². The molecule has 2 heteroatoms. The van der Waals surface area contributed by atoms with E-state index in [1.165, 1.54) is 0 Å². The van der Waals surface area contributed by atoms with Crippen LogP contribution in [-0.2, 0) is 0 Å². The van der Waals surface area contributed by atoms with E-state index in [1.807, 2.05) is 20.8 Å². The number of aldehydes is 1. The number of carbonyl (C=O) groups excluding carboxylic acids is 1. The van der Waals surface area contributed by atoms with Gasteiger partial charge in [0.2, 0.25) is 0 Å². The Labute approximate surface area is 85.1 Å². The molecule has 14 heavy (non-hydrogen) atoms. The summed E-state index contributed by atoms with van der Waals surface area (Å²) in [4.78, 5) is 10.5. The van der Waals surface area contributed by atoms with Crippen LogP contribution in [0.15, 0.2) is 12.1 Å². The van der Waals surface area contributed by atoms with Gasteiger partial charge in [0, 0.05) is 16.8 Å². The highest BCUT2D eigenvalue weighted by molar-refractivity contribution is 5.85. The second-order valence-electron chi connectivity index (χ2n) is 2.56. The quantitative estimate of drug-likeness (QED) is 0.419. The molecule has 0 fully saturated rings. The molecule has 0 atom stereocenters. The number of rotatable bonds is 1. The molecule has 2 N–H and O–H groups in total. The third-order valence-corrected chi connectivity index (χ3v) is 1.71. The number of aryl methyl sites for hydroxylation is 1. The summed E-state index contributed by atoms with van der Waals surface area (Å²) in [7, 11) is 0. The lowest BCUT2D eigenvalue weighted by Crippen LogP contribution is -1.97. The van der Waals surface area contributed by atoms with Gasteiger partial charge in [0.15, 0.2) is 6.29 Å². The molecule has 0 aliphatic carbocycles. The molecule has 0 amide bonds. The minimum atomic E-state index is 0.461. The van der Waals surface area contributed by atoms with Gasteiger partial charge in [-0.15, -0.1) is 6.42 Å². The highest BCUT2D eigenvalue weighted by Crippen LogP contribution is 2.17. The van der Waals surface area contributed by atoms with E-state index < -0.39 is 0 Å². The van der Waals surface area contributed by atoms with E-state index in [2.05, 4.69) is 5.92 Å². The molecule has 0 spiro atoms. The minimum absolute atomic E-state index is 0.461. The first-order valence-electron chi connectivity index (χ1n) is 4.51. The predicted octanol–water partition coefficient (Wildman–Crippen LogP) is 2.40. The van der Waals surface area contributed by atoms with Gasteiger partial charge < -0.3 is 5.73 Å². The van der Waals surface area contributed by atoms with Gasteiger partial charge in [0.05, 0.1) is 0 Å². The third kappa shape index (κ3) is 2.63. The maximum absolute atomic E-state index is 10.5. The van der Waals surface area contributed by atoms with E-state index >= 15 is 0 Å². The smallest absolute Gasteiger partial charge is 0.152 e. The summed E-state index contributed by atoms with van der Waals surface area (Å²) < 4.78 is 0. The Balaban J connectivity index is 0.000000791. The van der Waals surface area contributed by atoms with Crippen molar-refractivity contribution in [3.05, 3.63) is 28.8 Å². The second-order valence-corrected chi connectivity index (χ2v) is 2.56. The average Bonchev–Trinajstić information content (AvgIpc) is 2.24. The highest BCUT2D eigenvalue weighted by Gasteiger charge is 2.02. The summed E-state index contributed by atoms with van der Waals surface area (Å²) in [6, 6.07) is 3.39. The van der Waals surface area contributed by atoms with Gasteiger partial charge in [0.1, 0.15) is 0 Å². The normalized spacial score (nSPS) is 8.14. The first-order valence-corrected chi connectivity index (χ1v) is 4.51. The Morgan fingerprint density at radius 1 is 1.43 bits per heavy atom. The number of nitrogen functional groups attached to an aromatic ring is 1. The van der Waals surface area contributed by atoms with Gasteiger partial charge in [-0.05, 0) is 24.6 Å². The summed E-state index contributed by atoms with van der Waals surface area (Å²) in [6.45, 7) is 5.82.